The van der Waals surface area contributed by atoms with Crippen LogP contribution in [0.25, 0.3) is 0 Å². The van der Waals surface area contributed by atoms with Crippen molar-refractivity contribution in [1.29, 1.82) is 0 Å². The second kappa shape index (κ2) is 29.6. The third-order valence-corrected chi connectivity index (χ3v) is 36.3. The molecule has 11 nitrogen and oxygen atoms in total. The third-order valence-electron chi connectivity index (χ3n) is 34.4. The van der Waals surface area contributed by atoms with E-state index < -0.39 is 10.0 Å². The summed E-state index contributed by atoms with van der Waals surface area (Å²) in [6, 6.07) is 27.5. The number of carbonyl (C=O) groups is 2. The van der Waals surface area contributed by atoms with Crippen molar-refractivity contribution in [3.63, 3.8) is 0 Å². The van der Waals surface area contributed by atoms with E-state index in [0.717, 1.165) is 107 Å². The van der Waals surface area contributed by atoms with Gasteiger partial charge < -0.3 is 28.8 Å². The first-order chi connectivity index (χ1) is 50.3. The molecule has 1 N–H and O–H groups in total. The minimum absolute atomic E-state index is 0.00258. The minimum Gasteiger partial charge on any atom is -0.461 e. The summed E-state index contributed by atoms with van der Waals surface area (Å²) in [5.74, 6) is 4.63. The van der Waals surface area contributed by atoms with Gasteiger partial charge in [0.05, 0.1) is 62.0 Å². The highest BCUT2D eigenvalue weighted by Crippen LogP contribution is 2.78. The van der Waals surface area contributed by atoms with E-state index in [-0.39, 0.29) is 113 Å². The fraction of sp³-hybridized carbons (Fsp3) is 0.750. The Morgan fingerprint density at radius 2 is 0.991 bits per heavy atom. The van der Waals surface area contributed by atoms with Crippen LogP contribution in [-0.4, -0.2) is 87.6 Å². The molecule has 8 aliphatic carbocycles. The fourth-order valence-electron chi connectivity index (χ4n) is 26.4. The average Bonchev–Trinajstić information content (AvgIpc) is 1.28. The van der Waals surface area contributed by atoms with Crippen LogP contribution in [0.1, 0.15) is 253 Å². The molecule has 3 aromatic carbocycles. The summed E-state index contributed by atoms with van der Waals surface area (Å²) >= 11 is 0. The van der Waals surface area contributed by atoms with Gasteiger partial charge in [0.15, 0.2) is 0 Å². The summed E-state index contributed by atoms with van der Waals surface area (Å²) in [5.41, 5.74) is 5.95. The SMILES string of the molecule is CC(C)[C@@H](C)[C@@]1(C)CC[C@]2(C)[C@H]3CC[C@@H]4[C@@]5(COC[C@@]4(C)[C@@H](O)[C@H](C)C5)C3=CC[C@@]2(C)[C@@H]1C(=O)OCc1ccccc1.CC(C)[C@@H](C)[C@@]1(C)CC[C@]2(C)[C@H]3CC[C@@H]4[C@@]5(COC[C@@]4(C)[C@@H](OC[C@@H](C)C(C)(C)C)[C@H](C)C5)C3=CC[C@@]2(C)[C@@H]1C(=O)OCc1ccccc1.Cc1ccc(S(=O)(=O)N2C[C@@H]2C(C)(C)C)cc1. The van der Waals surface area contributed by atoms with Gasteiger partial charge in [-0.3, -0.25) is 9.59 Å². The van der Waals surface area contributed by atoms with Gasteiger partial charge in [0.2, 0.25) is 10.0 Å². The van der Waals surface area contributed by atoms with Crippen molar-refractivity contribution in [3.8, 4) is 0 Å². The van der Waals surface area contributed by atoms with Crippen LogP contribution < -0.4 is 0 Å². The molecule has 108 heavy (non-hydrogen) atoms. The number of sulfonamides is 1. The second-order valence-corrected chi connectivity index (χ2v) is 44.7. The van der Waals surface area contributed by atoms with Crippen LogP contribution in [0.5, 0.6) is 0 Å². The Balaban J connectivity index is 0.000000167. The van der Waals surface area contributed by atoms with Gasteiger partial charge in [-0.1, -0.05) is 261 Å². The lowest BCUT2D eigenvalue weighted by atomic mass is 9.34. The zero-order valence-corrected chi connectivity index (χ0v) is 72.4. The van der Waals surface area contributed by atoms with Crippen LogP contribution in [0.2, 0.25) is 0 Å². The summed E-state index contributed by atoms with van der Waals surface area (Å²) in [4.78, 5) is 29.6. The van der Waals surface area contributed by atoms with Crippen molar-refractivity contribution in [3.05, 3.63) is 125 Å². The van der Waals surface area contributed by atoms with Crippen molar-refractivity contribution in [2.45, 2.75) is 280 Å². The van der Waals surface area contributed by atoms with E-state index in [9.17, 15) is 23.1 Å². The van der Waals surface area contributed by atoms with Crippen molar-refractivity contribution < 1.29 is 46.8 Å². The predicted octanol–water partition coefficient (Wildman–Crippen LogP) is 21.6. The van der Waals surface area contributed by atoms with Crippen LogP contribution in [-0.2, 0) is 56.5 Å². The summed E-state index contributed by atoms with van der Waals surface area (Å²) in [5, 5.41) is 11.4. The van der Waals surface area contributed by atoms with Gasteiger partial charge in [-0.05, 0) is 216 Å². The Bertz CT molecular complexity index is 3890. The molecule has 1 unspecified atom stereocenters. The minimum atomic E-state index is -3.28. The molecule has 3 saturated heterocycles. The van der Waals surface area contributed by atoms with Crippen molar-refractivity contribution in [1.82, 2.24) is 4.31 Å². The normalized spacial score (nSPS) is 41.7. The smallest absolute Gasteiger partial charge is 0.310 e. The maximum absolute atomic E-state index is 14.7. The van der Waals surface area contributed by atoms with Crippen LogP contribution >= 0.6 is 0 Å². The summed E-state index contributed by atoms with van der Waals surface area (Å²) in [7, 11) is -3.28. The first-order valence-electron chi connectivity index (χ1n) is 42.7. The molecule has 3 aromatic rings. The van der Waals surface area contributed by atoms with Gasteiger partial charge >= 0.3 is 11.9 Å². The number of ether oxygens (including phenoxy) is 5. The first kappa shape index (κ1) is 83.3. The molecule has 11 aliphatic rings. The number of nitrogens with zero attached hydrogens (tertiary/aromatic N) is 1. The molecule has 0 aromatic heterocycles. The van der Waals surface area contributed by atoms with Crippen LogP contribution in [0.4, 0.5) is 0 Å². The van der Waals surface area contributed by atoms with Crippen LogP contribution in [0.15, 0.2) is 113 Å². The topological polar surface area (TPSA) is 138 Å². The maximum Gasteiger partial charge on any atom is 0.310 e. The van der Waals surface area contributed by atoms with E-state index >= 15 is 0 Å². The van der Waals surface area contributed by atoms with Crippen molar-refractivity contribution >= 4 is 22.0 Å². The monoisotopic (exact) mass is 1500 g/mol. The molecule has 12 heteroatoms. The van der Waals surface area contributed by atoms with E-state index in [1.807, 2.05) is 67.6 Å². The molecule has 25 atom stereocenters. The number of hydrogen-bond acceptors (Lipinski definition) is 10. The number of rotatable bonds is 15. The lowest BCUT2D eigenvalue weighted by Crippen LogP contribution is -2.69. The number of aryl methyl sites for hydroxylation is 1. The lowest BCUT2D eigenvalue weighted by Gasteiger charge is -2.71. The molecule has 3 heterocycles. The number of benzene rings is 3. The van der Waals surface area contributed by atoms with Gasteiger partial charge in [0.1, 0.15) is 13.2 Å². The number of fused-ring (bicyclic) bond motifs is 6. The Hall–Kier alpha value is -4.17. The number of esters is 2. The number of carbonyl (C=O) groups excluding carboxylic acids is 2. The first-order valence-corrected chi connectivity index (χ1v) is 44.1. The highest BCUT2D eigenvalue weighted by atomic mass is 32.2. The third kappa shape index (κ3) is 13.7. The van der Waals surface area contributed by atoms with Crippen molar-refractivity contribution in [2.75, 3.05) is 39.6 Å². The molecule has 3 aliphatic heterocycles. The largest absolute Gasteiger partial charge is 0.461 e. The van der Waals surface area contributed by atoms with Gasteiger partial charge in [-0.15, -0.1) is 0 Å². The number of allylic oxidation sites excluding steroid dienone is 2. The van der Waals surface area contributed by atoms with E-state index in [2.05, 4.69) is 184 Å². The lowest BCUT2D eigenvalue weighted by molar-refractivity contribution is -0.253. The summed E-state index contributed by atoms with van der Waals surface area (Å²) < 4.78 is 58.9. The molecule has 0 spiro atoms. The van der Waals surface area contributed by atoms with E-state index in [1.54, 1.807) is 27.6 Å². The number of hydrogen-bond donors (Lipinski definition) is 1. The highest BCUT2D eigenvalue weighted by molar-refractivity contribution is 7.89. The van der Waals surface area contributed by atoms with Gasteiger partial charge in [0.25, 0.3) is 0 Å². The predicted molar refractivity (Wildman–Crippen MR) is 435 cm³/mol. The number of aliphatic hydroxyl groups is 1. The van der Waals surface area contributed by atoms with E-state index in [0.29, 0.717) is 90.4 Å². The molecular formula is C96H145NO10S. The molecule has 14 rings (SSSR count). The van der Waals surface area contributed by atoms with E-state index in [1.165, 1.54) is 12.8 Å². The zero-order chi connectivity index (χ0) is 78.9. The summed E-state index contributed by atoms with van der Waals surface area (Å²) in [6.45, 7) is 61.1. The fourth-order valence-corrected chi connectivity index (χ4v) is 28.2. The molecule has 600 valence electrons. The summed E-state index contributed by atoms with van der Waals surface area (Å²) in [6.07, 6.45) is 18.2. The maximum atomic E-state index is 14.7. The Morgan fingerprint density at radius 3 is 1.41 bits per heavy atom. The molecule has 9 fully saturated rings. The Kier molecular flexibility index (Phi) is 22.8. The van der Waals surface area contributed by atoms with Gasteiger partial charge in [-0.2, -0.15) is 4.31 Å². The van der Waals surface area contributed by atoms with Gasteiger partial charge in [-0.25, -0.2) is 8.42 Å². The van der Waals surface area contributed by atoms with Crippen molar-refractivity contribution in [2.24, 2.45) is 142 Å². The molecule has 0 amide bonds. The quantitative estimate of drug-likeness (QED) is 0.0889. The van der Waals surface area contributed by atoms with E-state index in [4.69, 9.17) is 23.7 Å². The second-order valence-electron chi connectivity index (χ2n) is 42.8. The highest BCUT2D eigenvalue weighted by Gasteiger charge is 2.74. The van der Waals surface area contributed by atoms with Gasteiger partial charge in [0, 0.05) is 34.2 Å². The average molecular weight is 1510 g/mol. The zero-order valence-electron chi connectivity index (χ0n) is 71.6. The van der Waals surface area contributed by atoms with Crippen LogP contribution in [0, 0.1) is 149 Å². The van der Waals surface area contributed by atoms with Crippen LogP contribution in [0.3, 0.4) is 0 Å². The molecular weight excluding hydrogens is 1360 g/mol. The Morgan fingerprint density at radius 1 is 0.565 bits per heavy atom. The molecule has 4 bridgehead atoms. The molecule has 6 saturated carbocycles. The molecule has 0 radical (unpaired) electrons. The number of aliphatic hydroxyl groups excluding tert-OH is 1. The Labute approximate surface area is 655 Å². The standard InChI is InChI=1S/C45H70O4.C38H56O4.C13H19NO2S/c1-29(2)32(5)41(9)22-23-43(11)34-18-19-36-42(10)27-47-28-45(36,24-30(3)38(42)48-25-31(4)40(6,7)8)35(34)20-21-44(43,12)37(41)39(46)49-26-33-16-14-13-15-17-33;1-24(2)26(4)34(5)18-19-36(7)28-14-15-30-35(6)22-41-23-38(30,20-25(3)32(35)39)29(28)16-17-37(36,8)31(34)33(40)42-21-27-12-10-9-11-13-27;1-10-5-7-11(8-6-10)17(15,16)14-9-12(14)13(2,3)4/h13-17,20,29-32,34,36-38H,18-19,21-28H2,1-12H3;9-13,16,24-26,28,30-32,39H,14-15,17-23H2,1-8H3;5-8,12H,9H2,1-4H3/t30-,31-,32-,34+,36+,37-,38+,41-,42-,43-,44+,45+;25-,26-,28+,30+,31-,32+,34-,35-,36-,37+,38+;12-,14?/m111/s1.